The Labute approximate surface area is 134 Å². The lowest BCUT2D eigenvalue weighted by Crippen LogP contribution is -2.37. The smallest absolute Gasteiger partial charge is 0.271 e. The van der Waals surface area contributed by atoms with Gasteiger partial charge in [0, 0.05) is 31.2 Å². The van der Waals surface area contributed by atoms with Gasteiger partial charge in [-0.05, 0) is 13.0 Å². The van der Waals surface area contributed by atoms with Gasteiger partial charge in [-0.1, -0.05) is 0 Å². The molecule has 3 heterocycles. The maximum Gasteiger partial charge on any atom is 0.271 e. The monoisotopic (exact) mass is 314 g/mol. The summed E-state index contributed by atoms with van der Waals surface area (Å²) in [4.78, 5) is 30.9. The summed E-state index contributed by atoms with van der Waals surface area (Å²) < 4.78 is 5.34. The van der Waals surface area contributed by atoms with Crippen LogP contribution in [0.4, 0.5) is 5.95 Å². The second kappa shape index (κ2) is 7.10. The number of rotatable bonds is 4. The van der Waals surface area contributed by atoms with Gasteiger partial charge in [0.15, 0.2) is 0 Å². The van der Waals surface area contributed by atoms with Crippen LogP contribution in [-0.4, -0.2) is 52.1 Å². The lowest BCUT2D eigenvalue weighted by atomic mass is 10.3. The van der Waals surface area contributed by atoms with E-state index in [-0.39, 0.29) is 11.6 Å². The lowest BCUT2D eigenvalue weighted by molar-refractivity contribution is 0.0945. The third kappa shape index (κ3) is 3.98. The van der Waals surface area contributed by atoms with Crippen molar-refractivity contribution in [3.05, 3.63) is 41.7 Å². The van der Waals surface area contributed by atoms with E-state index in [1.807, 2.05) is 13.0 Å². The number of ether oxygens (including phenoxy) is 1. The Morgan fingerprint density at radius 2 is 2.13 bits per heavy atom. The van der Waals surface area contributed by atoms with E-state index in [0.717, 1.165) is 24.5 Å². The molecule has 1 aliphatic heterocycles. The van der Waals surface area contributed by atoms with E-state index in [4.69, 9.17) is 4.74 Å². The minimum Gasteiger partial charge on any atom is -0.378 e. The van der Waals surface area contributed by atoms with Crippen molar-refractivity contribution in [2.45, 2.75) is 13.5 Å². The van der Waals surface area contributed by atoms with Crippen LogP contribution in [0, 0.1) is 6.92 Å². The number of carbonyl (C=O) groups excluding carboxylic acids is 1. The van der Waals surface area contributed by atoms with Gasteiger partial charge in [0.05, 0.1) is 31.6 Å². The molecule has 1 saturated heterocycles. The number of hydrogen-bond donors (Lipinski definition) is 1. The Kier molecular flexibility index (Phi) is 4.72. The number of hydrogen-bond acceptors (Lipinski definition) is 7. The lowest BCUT2D eigenvalue weighted by Gasteiger charge is -2.27. The normalized spacial score (nSPS) is 14.6. The summed E-state index contributed by atoms with van der Waals surface area (Å²) in [7, 11) is 0. The number of amides is 1. The fourth-order valence-electron chi connectivity index (χ4n) is 2.29. The first-order valence-electron chi connectivity index (χ1n) is 7.44. The summed E-state index contributed by atoms with van der Waals surface area (Å²) in [5, 5.41) is 2.80. The Hall–Kier alpha value is -2.61. The van der Waals surface area contributed by atoms with E-state index in [0.29, 0.717) is 25.7 Å². The SMILES string of the molecule is Cc1cc(CNC(=O)c2cnccn2)nc(N2CCOCC2)n1. The Morgan fingerprint density at radius 3 is 2.87 bits per heavy atom. The quantitative estimate of drug-likeness (QED) is 0.870. The van der Waals surface area contributed by atoms with Gasteiger partial charge in [-0.25, -0.2) is 15.0 Å². The van der Waals surface area contributed by atoms with Crippen molar-refractivity contribution in [1.29, 1.82) is 0 Å². The summed E-state index contributed by atoms with van der Waals surface area (Å²) in [5.74, 6) is 0.402. The molecule has 120 valence electrons. The largest absolute Gasteiger partial charge is 0.378 e. The van der Waals surface area contributed by atoms with E-state index in [2.05, 4.69) is 30.2 Å². The Bertz CT molecular complexity index is 673. The van der Waals surface area contributed by atoms with E-state index in [1.54, 1.807) is 0 Å². The molecule has 1 amide bonds. The van der Waals surface area contributed by atoms with Gasteiger partial charge >= 0.3 is 0 Å². The molecule has 0 bridgehead atoms. The number of nitrogens with zero attached hydrogens (tertiary/aromatic N) is 5. The summed E-state index contributed by atoms with van der Waals surface area (Å²) in [6, 6.07) is 1.86. The number of nitrogens with one attached hydrogen (secondary N) is 1. The average molecular weight is 314 g/mol. The zero-order valence-corrected chi connectivity index (χ0v) is 12.9. The molecule has 2 aromatic heterocycles. The van der Waals surface area contributed by atoms with Crippen molar-refractivity contribution < 1.29 is 9.53 Å². The highest BCUT2D eigenvalue weighted by molar-refractivity contribution is 5.91. The van der Waals surface area contributed by atoms with Crippen LogP contribution in [0.15, 0.2) is 24.7 Å². The van der Waals surface area contributed by atoms with Gasteiger partial charge in [0.25, 0.3) is 5.91 Å². The molecule has 0 spiro atoms. The summed E-state index contributed by atoms with van der Waals surface area (Å²) in [6.07, 6.45) is 4.44. The fourth-order valence-corrected chi connectivity index (χ4v) is 2.29. The van der Waals surface area contributed by atoms with Crippen LogP contribution >= 0.6 is 0 Å². The maximum absolute atomic E-state index is 12.0. The molecule has 1 aliphatic rings. The molecular weight excluding hydrogens is 296 g/mol. The molecule has 0 saturated carbocycles. The highest BCUT2D eigenvalue weighted by Crippen LogP contribution is 2.12. The minimum absolute atomic E-state index is 0.276. The van der Waals surface area contributed by atoms with Crippen molar-refractivity contribution in [2.75, 3.05) is 31.2 Å². The second-order valence-corrected chi connectivity index (χ2v) is 5.17. The predicted molar refractivity (Wildman–Crippen MR) is 83.0 cm³/mol. The highest BCUT2D eigenvalue weighted by atomic mass is 16.5. The van der Waals surface area contributed by atoms with Gasteiger partial charge in [0.1, 0.15) is 5.69 Å². The fraction of sp³-hybridized carbons (Fsp3) is 0.400. The molecule has 1 fully saturated rings. The summed E-state index contributed by atoms with van der Waals surface area (Å²) in [5.41, 5.74) is 1.91. The number of aromatic nitrogens is 4. The van der Waals surface area contributed by atoms with E-state index < -0.39 is 0 Å². The van der Waals surface area contributed by atoms with Gasteiger partial charge in [-0.3, -0.25) is 9.78 Å². The van der Waals surface area contributed by atoms with Crippen molar-refractivity contribution in [3.8, 4) is 0 Å². The Morgan fingerprint density at radius 1 is 1.30 bits per heavy atom. The molecule has 0 atom stereocenters. The number of carbonyl (C=O) groups is 1. The first kappa shape index (κ1) is 15.3. The van der Waals surface area contributed by atoms with E-state index >= 15 is 0 Å². The highest BCUT2D eigenvalue weighted by Gasteiger charge is 2.15. The molecule has 0 aliphatic carbocycles. The second-order valence-electron chi connectivity index (χ2n) is 5.17. The first-order valence-corrected chi connectivity index (χ1v) is 7.44. The van der Waals surface area contributed by atoms with Crippen LogP contribution in [-0.2, 0) is 11.3 Å². The molecule has 2 aromatic rings. The van der Waals surface area contributed by atoms with E-state index in [1.165, 1.54) is 18.6 Å². The van der Waals surface area contributed by atoms with Crippen LogP contribution in [0.3, 0.4) is 0 Å². The van der Waals surface area contributed by atoms with Crippen molar-refractivity contribution in [2.24, 2.45) is 0 Å². The van der Waals surface area contributed by atoms with Crippen molar-refractivity contribution in [1.82, 2.24) is 25.3 Å². The molecule has 3 rings (SSSR count). The van der Waals surface area contributed by atoms with Crippen LogP contribution in [0.5, 0.6) is 0 Å². The third-order valence-corrected chi connectivity index (χ3v) is 3.42. The molecule has 1 N–H and O–H groups in total. The number of anilines is 1. The van der Waals surface area contributed by atoms with E-state index in [9.17, 15) is 4.79 Å². The van der Waals surface area contributed by atoms with Crippen LogP contribution < -0.4 is 10.2 Å². The standard InChI is InChI=1S/C15H18N6O2/c1-11-8-12(9-18-14(22)13-10-16-2-3-17-13)20-15(19-11)21-4-6-23-7-5-21/h2-3,8,10H,4-7,9H2,1H3,(H,18,22). The van der Waals surface area contributed by atoms with Gasteiger partial charge < -0.3 is 15.0 Å². The van der Waals surface area contributed by atoms with Gasteiger partial charge in [-0.2, -0.15) is 0 Å². The van der Waals surface area contributed by atoms with Gasteiger partial charge in [-0.15, -0.1) is 0 Å². The molecule has 8 heteroatoms. The van der Waals surface area contributed by atoms with Gasteiger partial charge in [0.2, 0.25) is 5.95 Å². The molecule has 23 heavy (non-hydrogen) atoms. The van der Waals surface area contributed by atoms with Crippen molar-refractivity contribution in [3.63, 3.8) is 0 Å². The zero-order valence-electron chi connectivity index (χ0n) is 12.9. The topological polar surface area (TPSA) is 93.1 Å². The molecule has 0 unspecified atom stereocenters. The Balaban J connectivity index is 1.68. The molecule has 8 nitrogen and oxygen atoms in total. The third-order valence-electron chi connectivity index (χ3n) is 3.42. The van der Waals surface area contributed by atoms with Crippen LogP contribution in [0.1, 0.15) is 21.9 Å². The van der Waals surface area contributed by atoms with Crippen molar-refractivity contribution >= 4 is 11.9 Å². The molecule has 0 aromatic carbocycles. The maximum atomic E-state index is 12.0. The first-order chi connectivity index (χ1) is 11.2. The van der Waals surface area contributed by atoms with Crippen LogP contribution in [0.25, 0.3) is 0 Å². The number of morpholine rings is 1. The molecular formula is C15H18N6O2. The van der Waals surface area contributed by atoms with Crippen LogP contribution in [0.2, 0.25) is 0 Å². The number of aryl methyl sites for hydroxylation is 1. The minimum atomic E-state index is -0.276. The summed E-state index contributed by atoms with van der Waals surface area (Å²) in [6.45, 7) is 5.13. The predicted octanol–water partition coefficient (Wildman–Crippen LogP) is 0.342. The summed E-state index contributed by atoms with van der Waals surface area (Å²) >= 11 is 0. The zero-order chi connectivity index (χ0) is 16.1. The average Bonchev–Trinajstić information content (AvgIpc) is 2.61. The molecule has 0 radical (unpaired) electrons.